The van der Waals surface area contributed by atoms with Crippen LogP contribution in [0.4, 0.5) is 18.9 Å². The van der Waals surface area contributed by atoms with Crippen molar-refractivity contribution >= 4 is 11.6 Å². The molecule has 0 unspecified atom stereocenters. The fourth-order valence-corrected chi connectivity index (χ4v) is 2.13. The lowest BCUT2D eigenvalue weighted by molar-refractivity contribution is -0.137. The van der Waals surface area contributed by atoms with Gasteiger partial charge in [-0.1, -0.05) is 6.07 Å². The van der Waals surface area contributed by atoms with Crippen LogP contribution in [0.5, 0.6) is 11.6 Å². The van der Waals surface area contributed by atoms with E-state index in [-0.39, 0.29) is 17.2 Å². The fourth-order valence-electron chi connectivity index (χ4n) is 2.13. The number of carbonyl (C=O) groups is 1. The molecule has 1 amide bonds. The van der Waals surface area contributed by atoms with Gasteiger partial charge in [0.2, 0.25) is 5.88 Å². The molecule has 0 atom stereocenters. The van der Waals surface area contributed by atoms with E-state index in [1.807, 2.05) is 0 Å². The Labute approximate surface area is 146 Å². The lowest BCUT2D eigenvalue weighted by Gasteiger charge is -2.12. The van der Waals surface area contributed by atoms with E-state index < -0.39 is 17.6 Å². The van der Waals surface area contributed by atoms with Gasteiger partial charge in [-0.15, -0.1) is 0 Å². The van der Waals surface area contributed by atoms with E-state index in [0.29, 0.717) is 5.69 Å². The molecule has 3 aromatic rings. The Hall–Kier alpha value is -3.42. The summed E-state index contributed by atoms with van der Waals surface area (Å²) in [6, 6.07) is 10.6. The molecule has 26 heavy (non-hydrogen) atoms. The summed E-state index contributed by atoms with van der Waals surface area (Å²) in [5.74, 6) is -0.699. The molecule has 0 saturated carbocycles. The van der Waals surface area contributed by atoms with Crippen molar-refractivity contribution in [3.05, 3.63) is 78.2 Å². The lowest BCUT2D eigenvalue weighted by Crippen LogP contribution is -2.13. The Morgan fingerprint density at radius 3 is 2.58 bits per heavy atom. The number of pyridine rings is 2. The van der Waals surface area contributed by atoms with Crippen LogP contribution in [0, 0.1) is 0 Å². The lowest BCUT2D eigenvalue weighted by atomic mass is 10.2. The van der Waals surface area contributed by atoms with E-state index in [0.717, 1.165) is 12.1 Å². The fraction of sp³-hybridized carbons (Fsp3) is 0.0556. The summed E-state index contributed by atoms with van der Waals surface area (Å²) < 4.78 is 43.9. The second kappa shape index (κ2) is 7.22. The molecular formula is C18H12F3N3O2. The predicted octanol–water partition coefficient (Wildman–Crippen LogP) is 4.54. The van der Waals surface area contributed by atoms with Crippen LogP contribution in [-0.4, -0.2) is 15.9 Å². The van der Waals surface area contributed by atoms with Gasteiger partial charge in [0.15, 0.2) is 0 Å². The van der Waals surface area contributed by atoms with Gasteiger partial charge in [-0.05, 0) is 42.5 Å². The molecule has 0 saturated heterocycles. The molecule has 0 spiro atoms. The van der Waals surface area contributed by atoms with Gasteiger partial charge >= 0.3 is 6.18 Å². The maximum Gasteiger partial charge on any atom is 0.416 e. The minimum absolute atomic E-state index is 0.0750. The largest absolute Gasteiger partial charge is 0.438 e. The molecule has 132 valence electrons. The molecule has 0 aliphatic rings. The third-order valence-electron chi connectivity index (χ3n) is 3.31. The average molecular weight is 359 g/mol. The number of carbonyl (C=O) groups excluding carboxylic acids is 1. The first-order valence-corrected chi connectivity index (χ1v) is 7.45. The third-order valence-corrected chi connectivity index (χ3v) is 3.31. The Balaban J connectivity index is 1.85. The van der Waals surface area contributed by atoms with Crippen LogP contribution >= 0.6 is 0 Å². The first-order valence-electron chi connectivity index (χ1n) is 7.45. The average Bonchev–Trinajstić information content (AvgIpc) is 2.62. The summed E-state index contributed by atoms with van der Waals surface area (Å²) in [7, 11) is 0. The van der Waals surface area contributed by atoms with Gasteiger partial charge in [-0.3, -0.25) is 9.78 Å². The number of hydrogen-bond acceptors (Lipinski definition) is 4. The summed E-state index contributed by atoms with van der Waals surface area (Å²) >= 11 is 0. The second-order valence-electron chi connectivity index (χ2n) is 5.18. The molecule has 0 aliphatic carbocycles. The molecule has 0 fully saturated rings. The summed E-state index contributed by atoms with van der Waals surface area (Å²) in [6.45, 7) is 0. The van der Waals surface area contributed by atoms with Crippen LogP contribution in [0.15, 0.2) is 67.1 Å². The highest BCUT2D eigenvalue weighted by atomic mass is 19.4. The third kappa shape index (κ3) is 4.15. The zero-order valence-electron chi connectivity index (χ0n) is 13.2. The van der Waals surface area contributed by atoms with Crippen molar-refractivity contribution in [1.29, 1.82) is 0 Å². The molecule has 8 heteroatoms. The van der Waals surface area contributed by atoms with Crippen LogP contribution in [0.2, 0.25) is 0 Å². The van der Waals surface area contributed by atoms with Crippen molar-refractivity contribution in [2.75, 3.05) is 5.32 Å². The van der Waals surface area contributed by atoms with Crippen molar-refractivity contribution in [2.24, 2.45) is 0 Å². The topological polar surface area (TPSA) is 64.1 Å². The van der Waals surface area contributed by atoms with Gasteiger partial charge < -0.3 is 10.1 Å². The minimum atomic E-state index is -4.50. The van der Waals surface area contributed by atoms with Crippen LogP contribution < -0.4 is 10.1 Å². The molecule has 0 bridgehead atoms. The summed E-state index contributed by atoms with van der Waals surface area (Å²) in [6.07, 6.45) is -0.0999. The number of alkyl halides is 3. The smallest absolute Gasteiger partial charge is 0.416 e. The van der Waals surface area contributed by atoms with Crippen molar-refractivity contribution < 1.29 is 22.7 Å². The monoisotopic (exact) mass is 359 g/mol. The van der Waals surface area contributed by atoms with Crippen molar-refractivity contribution in [1.82, 2.24) is 9.97 Å². The van der Waals surface area contributed by atoms with E-state index >= 15 is 0 Å². The Morgan fingerprint density at radius 1 is 1.04 bits per heavy atom. The Kier molecular flexibility index (Phi) is 4.83. The van der Waals surface area contributed by atoms with Crippen molar-refractivity contribution in [3.8, 4) is 11.6 Å². The number of halogens is 3. The van der Waals surface area contributed by atoms with Crippen molar-refractivity contribution in [2.45, 2.75) is 6.18 Å². The number of rotatable bonds is 4. The summed E-state index contributed by atoms with van der Waals surface area (Å²) in [5.41, 5.74) is -0.313. The first-order chi connectivity index (χ1) is 12.4. The zero-order valence-corrected chi connectivity index (χ0v) is 13.2. The molecule has 0 aliphatic heterocycles. The standard InChI is InChI=1S/C18H12F3N3O2/c19-18(20,21)12-4-1-6-14(10-12)26-17-15(7-3-9-23-17)16(25)24-13-5-2-8-22-11-13/h1-11H,(H,24,25). The van der Waals surface area contributed by atoms with Crippen LogP contribution in [0.3, 0.4) is 0 Å². The van der Waals surface area contributed by atoms with Gasteiger partial charge in [0, 0.05) is 12.4 Å². The summed E-state index contributed by atoms with van der Waals surface area (Å²) in [4.78, 5) is 20.2. The summed E-state index contributed by atoms with van der Waals surface area (Å²) in [5, 5.41) is 2.62. The highest BCUT2D eigenvalue weighted by Gasteiger charge is 2.30. The van der Waals surface area contributed by atoms with Crippen LogP contribution in [0.25, 0.3) is 0 Å². The van der Waals surface area contributed by atoms with E-state index in [2.05, 4.69) is 15.3 Å². The highest BCUT2D eigenvalue weighted by molar-refractivity contribution is 6.05. The quantitative estimate of drug-likeness (QED) is 0.743. The van der Waals surface area contributed by atoms with E-state index in [9.17, 15) is 18.0 Å². The van der Waals surface area contributed by atoms with Gasteiger partial charge in [0.1, 0.15) is 11.3 Å². The highest BCUT2D eigenvalue weighted by Crippen LogP contribution is 2.33. The maximum absolute atomic E-state index is 12.8. The number of benzene rings is 1. The second-order valence-corrected chi connectivity index (χ2v) is 5.18. The van der Waals surface area contributed by atoms with Crippen molar-refractivity contribution in [3.63, 3.8) is 0 Å². The molecule has 1 aromatic carbocycles. The number of amides is 1. The molecule has 2 aromatic heterocycles. The Bertz CT molecular complexity index is 915. The number of nitrogens with one attached hydrogen (secondary N) is 1. The normalized spacial score (nSPS) is 11.0. The molecule has 3 rings (SSSR count). The predicted molar refractivity (Wildman–Crippen MR) is 87.9 cm³/mol. The zero-order chi connectivity index (χ0) is 18.6. The van der Waals surface area contributed by atoms with Gasteiger partial charge in [-0.25, -0.2) is 4.98 Å². The van der Waals surface area contributed by atoms with Crippen LogP contribution in [-0.2, 0) is 6.18 Å². The SMILES string of the molecule is O=C(Nc1cccnc1)c1cccnc1Oc1cccc(C(F)(F)F)c1. The molecule has 0 radical (unpaired) electrons. The Morgan fingerprint density at radius 2 is 1.85 bits per heavy atom. The van der Waals surface area contributed by atoms with Gasteiger partial charge in [0.05, 0.1) is 17.4 Å². The molecule has 1 N–H and O–H groups in total. The number of nitrogens with zero attached hydrogens (tertiary/aromatic N) is 2. The van der Waals surface area contributed by atoms with Gasteiger partial charge in [0.25, 0.3) is 5.91 Å². The number of hydrogen-bond donors (Lipinski definition) is 1. The molecule has 2 heterocycles. The maximum atomic E-state index is 12.8. The van der Waals surface area contributed by atoms with Gasteiger partial charge in [-0.2, -0.15) is 13.2 Å². The molecular weight excluding hydrogens is 347 g/mol. The number of ether oxygens (including phenoxy) is 1. The number of anilines is 1. The van der Waals surface area contributed by atoms with E-state index in [1.165, 1.54) is 36.7 Å². The van der Waals surface area contributed by atoms with E-state index in [1.54, 1.807) is 18.3 Å². The molecule has 5 nitrogen and oxygen atoms in total. The number of aromatic nitrogens is 2. The first kappa shape index (κ1) is 17.4. The van der Waals surface area contributed by atoms with E-state index in [4.69, 9.17) is 4.74 Å². The van der Waals surface area contributed by atoms with Crippen LogP contribution in [0.1, 0.15) is 15.9 Å². The minimum Gasteiger partial charge on any atom is -0.438 e.